The third-order valence-electron chi connectivity index (χ3n) is 4.51. The summed E-state index contributed by atoms with van der Waals surface area (Å²) >= 11 is 0. The van der Waals surface area contributed by atoms with Gasteiger partial charge in [-0.15, -0.1) is 0 Å². The van der Waals surface area contributed by atoms with Crippen LogP contribution >= 0.6 is 0 Å². The zero-order valence-corrected chi connectivity index (χ0v) is 14.9. The van der Waals surface area contributed by atoms with E-state index in [1.807, 2.05) is 0 Å². The fraction of sp³-hybridized carbons (Fsp3) is 0.474. The van der Waals surface area contributed by atoms with Crippen molar-refractivity contribution in [3.63, 3.8) is 0 Å². The van der Waals surface area contributed by atoms with Crippen molar-refractivity contribution in [1.82, 2.24) is 15.4 Å². The Labute approximate surface area is 152 Å². The van der Waals surface area contributed by atoms with Crippen molar-refractivity contribution in [2.45, 2.75) is 38.3 Å². The molecule has 0 aliphatic carbocycles. The van der Waals surface area contributed by atoms with Gasteiger partial charge in [0.25, 0.3) is 0 Å². The van der Waals surface area contributed by atoms with Gasteiger partial charge in [0.05, 0.1) is 12.6 Å². The van der Waals surface area contributed by atoms with E-state index in [9.17, 15) is 9.18 Å². The first-order valence-corrected chi connectivity index (χ1v) is 8.94. The maximum Gasteiger partial charge on any atom is 0.317 e. The van der Waals surface area contributed by atoms with E-state index < -0.39 is 0 Å². The van der Waals surface area contributed by atoms with E-state index in [0.29, 0.717) is 29.7 Å². The van der Waals surface area contributed by atoms with Crippen LogP contribution in [0.3, 0.4) is 0 Å². The second kappa shape index (κ2) is 8.80. The Morgan fingerprint density at radius 3 is 3.04 bits per heavy atom. The van der Waals surface area contributed by atoms with Crippen molar-refractivity contribution < 1.29 is 18.4 Å². The number of carbonyl (C=O) groups is 1. The fourth-order valence-electron chi connectivity index (χ4n) is 3.02. The Balaban J connectivity index is 1.43. The van der Waals surface area contributed by atoms with Crippen LogP contribution < -0.4 is 5.32 Å². The molecule has 7 heteroatoms. The van der Waals surface area contributed by atoms with Crippen LogP contribution in [0.15, 0.2) is 34.9 Å². The van der Waals surface area contributed by atoms with Gasteiger partial charge in [0.2, 0.25) is 0 Å². The predicted molar refractivity (Wildman–Crippen MR) is 95.0 cm³/mol. The molecule has 2 aromatic rings. The maximum atomic E-state index is 13.8. The summed E-state index contributed by atoms with van der Waals surface area (Å²) in [5, 5.41) is 6.65. The summed E-state index contributed by atoms with van der Waals surface area (Å²) in [6.45, 7) is 1.73. The first-order valence-electron chi connectivity index (χ1n) is 8.94. The van der Waals surface area contributed by atoms with E-state index in [2.05, 4.69) is 10.5 Å². The zero-order chi connectivity index (χ0) is 18.4. The number of halogens is 1. The van der Waals surface area contributed by atoms with Gasteiger partial charge in [-0.3, -0.25) is 0 Å². The third kappa shape index (κ3) is 4.82. The minimum absolute atomic E-state index is 0.179. The molecule has 1 aromatic heterocycles. The largest absolute Gasteiger partial charge is 0.378 e. The molecule has 1 fully saturated rings. The molecule has 0 saturated carbocycles. The Morgan fingerprint density at radius 1 is 1.42 bits per heavy atom. The Bertz CT molecular complexity index is 728. The molecule has 2 amide bonds. The zero-order valence-electron chi connectivity index (χ0n) is 14.9. The van der Waals surface area contributed by atoms with Gasteiger partial charge in [-0.05, 0) is 37.8 Å². The SMILES string of the molecule is CN(CCC[C@H]1CCCO1)C(=O)NCc1cc(-c2ccccc2F)no1. The minimum atomic E-state index is -0.359. The van der Waals surface area contributed by atoms with Crippen LogP contribution in [0, 0.1) is 5.82 Å². The van der Waals surface area contributed by atoms with Crippen LogP contribution in [-0.4, -0.2) is 42.4 Å². The fourth-order valence-corrected chi connectivity index (χ4v) is 3.02. The van der Waals surface area contributed by atoms with Gasteiger partial charge in [0, 0.05) is 31.8 Å². The molecular weight excluding hydrogens is 337 g/mol. The standard InChI is InChI=1S/C19H24FN3O3/c1-23(10-4-6-14-7-5-11-25-14)19(24)21-13-15-12-18(22-26-15)16-8-2-3-9-17(16)20/h2-3,8-9,12,14H,4-7,10-11,13H2,1H3,(H,21,24)/t14-/m0/s1. The number of hydrogen-bond acceptors (Lipinski definition) is 4. The number of hydrogen-bond donors (Lipinski definition) is 1. The van der Waals surface area contributed by atoms with Gasteiger partial charge < -0.3 is 19.5 Å². The van der Waals surface area contributed by atoms with Crippen molar-refractivity contribution in [1.29, 1.82) is 0 Å². The molecule has 0 spiro atoms. The summed E-state index contributed by atoms with van der Waals surface area (Å²) in [4.78, 5) is 13.8. The van der Waals surface area contributed by atoms with E-state index in [1.54, 1.807) is 36.2 Å². The van der Waals surface area contributed by atoms with Gasteiger partial charge in [0.15, 0.2) is 5.76 Å². The van der Waals surface area contributed by atoms with Crippen LogP contribution in [0.1, 0.15) is 31.4 Å². The van der Waals surface area contributed by atoms with E-state index in [1.165, 1.54) is 6.07 Å². The van der Waals surface area contributed by atoms with Gasteiger partial charge in [0.1, 0.15) is 11.5 Å². The van der Waals surface area contributed by atoms with Crippen molar-refractivity contribution in [3.8, 4) is 11.3 Å². The molecule has 26 heavy (non-hydrogen) atoms. The summed E-state index contributed by atoms with van der Waals surface area (Å²) in [6, 6.07) is 7.82. The Morgan fingerprint density at radius 2 is 2.27 bits per heavy atom. The lowest BCUT2D eigenvalue weighted by Gasteiger charge is -2.18. The first-order chi connectivity index (χ1) is 12.6. The summed E-state index contributed by atoms with van der Waals surface area (Å²) in [5.41, 5.74) is 0.789. The molecule has 2 heterocycles. The number of urea groups is 1. The highest BCUT2D eigenvalue weighted by Crippen LogP contribution is 2.22. The van der Waals surface area contributed by atoms with Crippen molar-refractivity contribution in [2.24, 2.45) is 0 Å². The van der Waals surface area contributed by atoms with Crippen molar-refractivity contribution in [3.05, 3.63) is 41.9 Å². The van der Waals surface area contributed by atoms with E-state index in [4.69, 9.17) is 9.26 Å². The van der Waals surface area contributed by atoms with Crippen LogP contribution in [0.2, 0.25) is 0 Å². The number of nitrogens with zero attached hydrogens (tertiary/aromatic N) is 2. The number of benzene rings is 1. The minimum Gasteiger partial charge on any atom is -0.378 e. The lowest BCUT2D eigenvalue weighted by molar-refractivity contribution is 0.100. The molecule has 0 unspecified atom stereocenters. The van der Waals surface area contributed by atoms with Gasteiger partial charge in [-0.2, -0.15) is 0 Å². The molecule has 0 radical (unpaired) electrons. The molecule has 1 aliphatic heterocycles. The van der Waals surface area contributed by atoms with Gasteiger partial charge in [-0.1, -0.05) is 17.3 Å². The summed E-state index contributed by atoms with van der Waals surface area (Å²) in [5.74, 6) is 0.117. The lowest BCUT2D eigenvalue weighted by Crippen LogP contribution is -2.37. The smallest absolute Gasteiger partial charge is 0.317 e. The molecule has 1 atom stereocenters. The second-order valence-corrected chi connectivity index (χ2v) is 6.52. The van der Waals surface area contributed by atoms with E-state index in [-0.39, 0.29) is 18.4 Å². The topological polar surface area (TPSA) is 67.6 Å². The molecule has 1 aromatic carbocycles. The van der Waals surface area contributed by atoms with Crippen molar-refractivity contribution >= 4 is 6.03 Å². The number of ether oxygens (including phenoxy) is 1. The summed E-state index contributed by atoms with van der Waals surface area (Å²) in [7, 11) is 1.76. The van der Waals surface area contributed by atoms with E-state index >= 15 is 0 Å². The highest BCUT2D eigenvalue weighted by atomic mass is 19.1. The maximum absolute atomic E-state index is 13.8. The predicted octanol–water partition coefficient (Wildman–Crippen LogP) is 3.58. The van der Waals surface area contributed by atoms with E-state index in [0.717, 1.165) is 32.3 Å². The van der Waals surface area contributed by atoms with Crippen molar-refractivity contribution in [2.75, 3.05) is 20.2 Å². The average Bonchev–Trinajstić information content (AvgIpc) is 3.32. The van der Waals surface area contributed by atoms with Gasteiger partial charge in [-0.25, -0.2) is 9.18 Å². The summed E-state index contributed by atoms with van der Waals surface area (Å²) in [6.07, 6.45) is 4.48. The third-order valence-corrected chi connectivity index (χ3v) is 4.51. The highest BCUT2D eigenvalue weighted by Gasteiger charge is 2.16. The molecule has 1 saturated heterocycles. The van der Waals surface area contributed by atoms with Crippen LogP contribution in [0.4, 0.5) is 9.18 Å². The van der Waals surface area contributed by atoms with Crippen LogP contribution in [0.25, 0.3) is 11.3 Å². The molecule has 0 bridgehead atoms. The number of rotatable bonds is 7. The molecular formula is C19H24FN3O3. The average molecular weight is 361 g/mol. The highest BCUT2D eigenvalue weighted by molar-refractivity contribution is 5.73. The lowest BCUT2D eigenvalue weighted by atomic mass is 10.1. The number of amides is 2. The quantitative estimate of drug-likeness (QED) is 0.818. The van der Waals surface area contributed by atoms with Crippen LogP contribution in [0.5, 0.6) is 0 Å². The molecule has 140 valence electrons. The Hall–Kier alpha value is -2.41. The molecule has 1 aliphatic rings. The summed E-state index contributed by atoms with van der Waals surface area (Å²) < 4.78 is 24.5. The Kier molecular flexibility index (Phi) is 6.22. The number of aromatic nitrogens is 1. The van der Waals surface area contributed by atoms with Gasteiger partial charge >= 0.3 is 6.03 Å². The number of nitrogens with one attached hydrogen (secondary N) is 1. The second-order valence-electron chi connectivity index (χ2n) is 6.52. The molecule has 6 nitrogen and oxygen atoms in total. The first kappa shape index (κ1) is 18.4. The monoisotopic (exact) mass is 361 g/mol. The normalized spacial score (nSPS) is 16.6. The molecule has 1 N–H and O–H groups in total. The van der Waals surface area contributed by atoms with Crippen LogP contribution in [-0.2, 0) is 11.3 Å². The number of carbonyl (C=O) groups excluding carboxylic acids is 1. The molecule has 3 rings (SSSR count).